The van der Waals surface area contributed by atoms with Crippen molar-refractivity contribution in [2.75, 3.05) is 16.2 Å². The van der Waals surface area contributed by atoms with Crippen molar-refractivity contribution >= 4 is 27.6 Å². The number of nitrogens with zero attached hydrogens (tertiary/aromatic N) is 2. The number of halogens is 1. The van der Waals surface area contributed by atoms with Crippen LogP contribution in [0.4, 0.5) is 15.9 Å². The highest BCUT2D eigenvalue weighted by molar-refractivity contribution is 7.92. The molecule has 8 nitrogen and oxygen atoms in total. The van der Waals surface area contributed by atoms with E-state index in [0.717, 1.165) is 24.7 Å². The van der Waals surface area contributed by atoms with E-state index in [1.54, 1.807) is 17.0 Å². The van der Waals surface area contributed by atoms with Crippen LogP contribution in [0.2, 0.25) is 0 Å². The smallest absolute Gasteiger partial charge is 0.326 e. The lowest BCUT2D eigenvalue weighted by Crippen LogP contribution is -2.30. The highest BCUT2D eigenvalue weighted by Gasteiger charge is 2.37. The summed E-state index contributed by atoms with van der Waals surface area (Å²) < 4.78 is 41.0. The average Bonchev–Trinajstić information content (AvgIpc) is 2.95. The molecule has 2 aromatic rings. The van der Waals surface area contributed by atoms with Crippen LogP contribution < -0.4 is 14.3 Å². The summed E-state index contributed by atoms with van der Waals surface area (Å²) in [5.41, 5.74) is 0.361. The first-order valence-corrected chi connectivity index (χ1v) is 11.9. The van der Waals surface area contributed by atoms with Crippen molar-refractivity contribution in [3.8, 4) is 16.9 Å². The Morgan fingerprint density at radius 1 is 1.10 bits per heavy atom. The summed E-state index contributed by atoms with van der Waals surface area (Å²) in [6.07, 6.45) is 10.0. The predicted octanol–water partition coefficient (Wildman–Crippen LogP) is 3.30. The molecule has 10 heteroatoms. The summed E-state index contributed by atoms with van der Waals surface area (Å²) in [6, 6.07) is 6.34. The summed E-state index contributed by atoms with van der Waals surface area (Å²) in [6.45, 7) is -0.588. The topological polar surface area (TPSA) is 112 Å². The fourth-order valence-corrected chi connectivity index (χ4v) is 5.27. The maximum Gasteiger partial charge on any atom is 0.326 e. The molecule has 1 amide bonds. The molecular formula is C21H25FN4O4S. The molecule has 4 rings (SSSR count). The monoisotopic (exact) mass is 448 g/mol. The lowest BCUT2D eigenvalue weighted by molar-refractivity contribution is -0.117. The van der Waals surface area contributed by atoms with Crippen LogP contribution in [0.25, 0.3) is 11.1 Å². The predicted molar refractivity (Wildman–Crippen MR) is 115 cm³/mol. The Morgan fingerprint density at radius 3 is 2.39 bits per heavy atom. The number of pyridine rings is 1. The van der Waals surface area contributed by atoms with Gasteiger partial charge in [-0.2, -0.15) is 8.42 Å². The minimum Gasteiger partial charge on any atom is -0.506 e. The first-order valence-electron chi connectivity index (χ1n) is 10.4. The van der Waals surface area contributed by atoms with E-state index in [2.05, 4.69) is 10.3 Å². The molecule has 3 N–H and O–H groups in total. The van der Waals surface area contributed by atoms with Gasteiger partial charge in [0.1, 0.15) is 23.8 Å². The van der Waals surface area contributed by atoms with E-state index in [0.29, 0.717) is 21.5 Å². The fraction of sp³-hybridized carbons (Fsp3) is 0.429. The Bertz CT molecular complexity index is 1040. The molecule has 1 aromatic heterocycles. The van der Waals surface area contributed by atoms with Crippen molar-refractivity contribution in [3.05, 3.63) is 36.3 Å². The van der Waals surface area contributed by atoms with E-state index >= 15 is 0 Å². The van der Waals surface area contributed by atoms with Crippen LogP contribution in [0.3, 0.4) is 0 Å². The number of aromatic hydroxyl groups is 1. The van der Waals surface area contributed by atoms with Gasteiger partial charge in [0, 0.05) is 17.8 Å². The number of nitrogens with one attached hydrogen (secondary N) is 2. The van der Waals surface area contributed by atoms with Gasteiger partial charge in [0.25, 0.3) is 5.91 Å². The summed E-state index contributed by atoms with van der Waals surface area (Å²) in [7, 11) is -4.22. The number of benzene rings is 1. The number of hydrogen-bond acceptors (Lipinski definition) is 6. The van der Waals surface area contributed by atoms with Crippen molar-refractivity contribution in [2.24, 2.45) is 0 Å². The molecule has 2 fully saturated rings. The van der Waals surface area contributed by atoms with Crippen LogP contribution in [0, 0.1) is 5.82 Å². The molecule has 0 unspecified atom stereocenters. The van der Waals surface area contributed by atoms with E-state index in [9.17, 15) is 22.7 Å². The summed E-state index contributed by atoms with van der Waals surface area (Å²) >= 11 is 0. The number of phenols is 1. The maximum absolute atomic E-state index is 14.7. The third-order valence-corrected chi connectivity index (χ3v) is 7.04. The Labute approximate surface area is 180 Å². The molecule has 166 valence electrons. The van der Waals surface area contributed by atoms with Gasteiger partial charge >= 0.3 is 10.2 Å². The number of phenolic OH excluding ortho intramolecular Hbond substituents is 1. The zero-order chi connectivity index (χ0) is 22.0. The van der Waals surface area contributed by atoms with Crippen LogP contribution in [0.1, 0.15) is 44.9 Å². The lowest BCUT2D eigenvalue weighted by Gasteiger charge is -2.21. The van der Waals surface area contributed by atoms with E-state index in [-0.39, 0.29) is 0 Å². The first-order chi connectivity index (χ1) is 14.8. The molecule has 0 spiro atoms. The SMILES string of the molecule is O=C1CN(c2c(O)cc(-c3ccc(NC4CCCCCCC4)nc3)cc2F)S(=O)(=O)N1. The van der Waals surface area contributed by atoms with Crippen LogP contribution in [0.5, 0.6) is 5.75 Å². The van der Waals surface area contributed by atoms with Crippen molar-refractivity contribution in [2.45, 2.75) is 51.0 Å². The molecule has 31 heavy (non-hydrogen) atoms. The van der Waals surface area contributed by atoms with E-state index in [4.69, 9.17) is 0 Å². The van der Waals surface area contributed by atoms with Gasteiger partial charge in [-0.3, -0.25) is 4.79 Å². The zero-order valence-corrected chi connectivity index (χ0v) is 17.8. The number of carbonyl (C=O) groups is 1. The molecule has 1 saturated heterocycles. The minimum atomic E-state index is -4.22. The fourth-order valence-electron chi connectivity index (χ4n) is 4.10. The highest BCUT2D eigenvalue weighted by Crippen LogP contribution is 2.37. The Balaban J connectivity index is 1.53. The van der Waals surface area contributed by atoms with Gasteiger partial charge in [0.15, 0.2) is 5.82 Å². The van der Waals surface area contributed by atoms with Crippen molar-refractivity contribution < 1.29 is 22.7 Å². The summed E-state index contributed by atoms with van der Waals surface area (Å²) in [5.74, 6) is -1.58. The number of hydrogen-bond donors (Lipinski definition) is 3. The molecule has 0 atom stereocenters. The standard InChI is InChI=1S/C21H25FN4O4S/c22-17-10-15(11-18(27)21(17)26-13-20(28)25-31(26,29)30)14-8-9-19(23-12-14)24-16-6-4-2-1-3-5-7-16/h8-12,16,27H,1-7,13H2,(H,23,24)(H,25,28). The second-order valence-electron chi connectivity index (χ2n) is 7.98. The maximum atomic E-state index is 14.7. The average molecular weight is 449 g/mol. The van der Waals surface area contributed by atoms with Crippen LogP contribution in [0.15, 0.2) is 30.5 Å². The van der Waals surface area contributed by atoms with E-state index in [1.807, 2.05) is 6.07 Å². The van der Waals surface area contributed by atoms with Gasteiger partial charge < -0.3 is 10.4 Å². The van der Waals surface area contributed by atoms with Gasteiger partial charge in [0.05, 0.1) is 0 Å². The van der Waals surface area contributed by atoms with Crippen LogP contribution in [-0.4, -0.2) is 37.0 Å². The van der Waals surface area contributed by atoms with Crippen molar-refractivity contribution in [3.63, 3.8) is 0 Å². The first kappa shape index (κ1) is 21.4. The second kappa shape index (κ2) is 8.70. The molecule has 0 bridgehead atoms. The van der Waals surface area contributed by atoms with E-state index in [1.165, 1.54) is 38.2 Å². The Kier molecular flexibility index (Phi) is 5.99. The zero-order valence-electron chi connectivity index (χ0n) is 17.0. The summed E-state index contributed by atoms with van der Waals surface area (Å²) in [4.78, 5) is 15.8. The quantitative estimate of drug-likeness (QED) is 0.662. The number of rotatable bonds is 4. The minimum absolute atomic E-state index is 0.347. The molecule has 1 aliphatic heterocycles. The molecule has 1 saturated carbocycles. The van der Waals surface area contributed by atoms with Gasteiger partial charge in [-0.15, -0.1) is 0 Å². The van der Waals surface area contributed by atoms with Crippen molar-refractivity contribution in [1.29, 1.82) is 0 Å². The number of amides is 1. The largest absolute Gasteiger partial charge is 0.506 e. The molecule has 1 aromatic carbocycles. The molecule has 2 aliphatic rings. The van der Waals surface area contributed by atoms with Gasteiger partial charge in [-0.05, 0) is 42.7 Å². The molecule has 0 radical (unpaired) electrons. The second-order valence-corrected chi connectivity index (χ2v) is 9.58. The third kappa shape index (κ3) is 4.73. The molecule has 2 heterocycles. The normalized spacial score (nSPS) is 19.5. The third-order valence-electron chi connectivity index (χ3n) is 5.67. The van der Waals surface area contributed by atoms with Crippen LogP contribution >= 0.6 is 0 Å². The number of carbonyl (C=O) groups excluding carboxylic acids is 1. The Hall–Kier alpha value is -2.88. The number of anilines is 2. The van der Waals surface area contributed by atoms with E-state index < -0.39 is 39.9 Å². The van der Waals surface area contributed by atoms with Gasteiger partial charge in [-0.1, -0.05) is 32.1 Å². The lowest BCUT2D eigenvalue weighted by atomic mass is 9.97. The number of aromatic nitrogens is 1. The van der Waals surface area contributed by atoms with Crippen molar-refractivity contribution in [1.82, 2.24) is 9.71 Å². The Morgan fingerprint density at radius 2 is 1.81 bits per heavy atom. The summed E-state index contributed by atoms with van der Waals surface area (Å²) in [5, 5.41) is 13.8. The molecular weight excluding hydrogens is 423 g/mol. The highest BCUT2D eigenvalue weighted by atomic mass is 32.2. The van der Waals surface area contributed by atoms with Gasteiger partial charge in [-0.25, -0.2) is 18.4 Å². The molecule has 1 aliphatic carbocycles. The van der Waals surface area contributed by atoms with Crippen LogP contribution in [-0.2, 0) is 15.0 Å². The van der Waals surface area contributed by atoms with Gasteiger partial charge in [0.2, 0.25) is 0 Å².